The lowest BCUT2D eigenvalue weighted by Crippen LogP contribution is -2.04. The van der Waals surface area contributed by atoms with E-state index in [-0.39, 0.29) is 0 Å². The molecule has 0 bridgehead atoms. The van der Waals surface area contributed by atoms with Crippen LogP contribution in [0.5, 0.6) is 5.75 Å². The van der Waals surface area contributed by atoms with Crippen molar-refractivity contribution in [1.29, 1.82) is 0 Å². The van der Waals surface area contributed by atoms with Crippen LogP contribution >= 0.6 is 0 Å². The van der Waals surface area contributed by atoms with Gasteiger partial charge in [-0.05, 0) is 38.1 Å². The second kappa shape index (κ2) is 5.87. The summed E-state index contributed by atoms with van der Waals surface area (Å²) in [6.45, 7) is 5.61. The number of ether oxygens (including phenoxy) is 1. The molecule has 0 aliphatic heterocycles. The fraction of sp³-hybridized carbons (Fsp3) is 0.235. The van der Waals surface area contributed by atoms with E-state index in [1.54, 1.807) is 0 Å². The van der Waals surface area contributed by atoms with Gasteiger partial charge in [0, 0.05) is 6.54 Å². The van der Waals surface area contributed by atoms with Gasteiger partial charge in [-0.3, -0.25) is 0 Å². The lowest BCUT2D eigenvalue weighted by molar-refractivity contribution is 0.342. The molecule has 0 aliphatic rings. The van der Waals surface area contributed by atoms with E-state index >= 15 is 0 Å². The number of benzene rings is 2. The predicted molar refractivity (Wildman–Crippen MR) is 86.3 cm³/mol. The molecular formula is C17H19N3O. The van der Waals surface area contributed by atoms with Gasteiger partial charge in [-0.2, -0.15) is 0 Å². The maximum absolute atomic E-state index is 5.66. The first kappa shape index (κ1) is 13.5. The van der Waals surface area contributed by atoms with E-state index in [1.807, 2.05) is 49.4 Å². The highest BCUT2D eigenvalue weighted by Crippen LogP contribution is 2.28. The number of rotatable bonds is 5. The van der Waals surface area contributed by atoms with E-state index in [9.17, 15) is 0 Å². The number of hydrogen-bond acceptors (Lipinski definition) is 3. The molecule has 0 spiro atoms. The number of nitrogens with one attached hydrogen (secondary N) is 1. The van der Waals surface area contributed by atoms with Gasteiger partial charge in [0.05, 0.1) is 23.3 Å². The Morgan fingerprint density at radius 2 is 1.81 bits per heavy atom. The molecule has 108 valence electrons. The van der Waals surface area contributed by atoms with Gasteiger partial charge >= 0.3 is 0 Å². The van der Waals surface area contributed by atoms with Gasteiger partial charge in [0.1, 0.15) is 5.75 Å². The van der Waals surface area contributed by atoms with Crippen molar-refractivity contribution < 1.29 is 4.74 Å². The number of anilines is 2. The summed E-state index contributed by atoms with van der Waals surface area (Å²) in [6.07, 6.45) is 0. The number of para-hydroxylation sites is 4. The van der Waals surface area contributed by atoms with Crippen LogP contribution in [-0.2, 0) is 6.54 Å². The van der Waals surface area contributed by atoms with Crippen molar-refractivity contribution in [2.24, 2.45) is 0 Å². The molecule has 0 radical (unpaired) electrons. The minimum Gasteiger partial charge on any atom is -0.492 e. The summed E-state index contributed by atoms with van der Waals surface area (Å²) in [5.41, 5.74) is 3.07. The largest absolute Gasteiger partial charge is 0.492 e. The molecule has 0 saturated heterocycles. The molecule has 3 aromatic rings. The minimum absolute atomic E-state index is 0.642. The highest BCUT2D eigenvalue weighted by atomic mass is 16.5. The second-order valence-corrected chi connectivity index (χ2v) is 4.72. The second-order valence-electron chi connectivity index (χ2n) is 4.72. The zero-order valence-electron chi connectivity index (χ0n) is 12.3. The van der Waals surface area contributed by atoms with Crippen LogP contribution in [0.1, 0.15) is 13.8 Å². The van der Waals surface area contributed by atoms with Crippen LogP contribution in [0, 0.1) is 0 Å². The van der Waals surface area contributed by atoms with E-state index in [2.05, 4.69) is 27.9 Å². The minimum atomic E-state index is 0.642. The number of aryl methyl sites for hydroxylation is 1. The monoisotopic (exact) mass is 281 g/mol. The third-order valence-corrected chi connectivity index (χ3v) is 3.40. The zero-order chi connectivity index (χ0) is 14.7. The maximum atomic E-state index is 5.66. The first-order valence-electron chi connectivity index (χ1n) is 7.27. The van der Waals surface area contributed by atoms with E-state index in [0.29, 0.717) is 6.61 Å². The molecule has 0 amide bonds. The summed E-state index contributed by atoms with van der Waals surface area (Å²) in [4.78, 5) is 4.68. The van der Waals surface area contributed by atoms with E-state index < -0.39 is 0 Å². The number of hydrogen-bond donors (Lipinski definition) is 1. The quantitative estimate of drug-likeness (QED) is 0.762. The van der Waals surface area contributed by atoms with Gasteiger partial charge in [-0.1, -0.05) is 24.3 Å². The first-order valence-corrected chi connectivity index (χ1v) is 7.27. The Balaban J connectivity index is 2.02. The maximum Gasteiger partial charge on any atom is 0.208 e. The molecule has 21 heavy (non-hydrogen) atoms. The Morgan fingerprint density at radius 1 is 1.05 bits per heavy atom. The molecule has 4 nitrogen and oxygen atoms in total. The van der Waals surface area contributed by atoms with Crippen LogP contribution in [-0.4, -0.2) is 16.2 Å². The Kier molecular flexibility index (Phi) is 3.77. The fourth-order valence-corrected chi connectivity index (χ4v) is 2.46. The van der Waals surface area contributed by atoms with Crippen molar-refractivity contribution in [2.45, 2.75) is 20.4 Å². The molecule has 0 aliphatic carbocycles. The van der Waals surface area contributed by atoms with Crippen LogP contribution < -0.4 is 10.1 Å². The molecule has 2 aromatic carbocycles. The average molecular weight is 281 g/mol. The summed E-state index contributed by atoms with van der Waals surface area (Å²) in [5, 5.41) is 3.39. The molecule has 0 saturated carbocycles. The fourth-order valence-electron chi connectivity index (χ4n) is 2.46. The van der Waals surface area contributed by atoms with E-state index in [4.69, 9.17) is 4.74 Å². The van der Waals surface area contributed by atoms with Gasteiger partial charge in [-0.15, -0.1) is 0 Å². The van der Waals surface area contributed by atoms with Crippen molar-refractivity contribution >= 4 is 22.7 Å². The SMILES string of the molecule is CCOc1ccccc1Nc1nc2ccccc2n1CC. The van der Waals surface area contributed by atoms with Gasteiger partial charge in [-0.25, -0.2) is 4.98 Å². The Bertz CT molecular complexity index is 749. The lowest BCUT2D eigenvalue weighted by Gasteiger charge is -2.12. The molecule has 3 rings (SSSR count). The van der Waals surface area contributed by atoms with Crippen molar-refractivity contribution in [3.63, 3.8) is 0 Å². The average Bonchev–Trinajstić information content (AvgIpc) is 2.86. The summed E-state index contributed by atoms with van der Waals surface area (Å²) in [5.74, 6) is 1.68. The number of fused-ring (bicyclic) bond motifs is 1. The van der Waals surface area contributed by atoms with Crippen LogP contribution in [0.3, 0.4) is 0 Å². The van der Waals surface area contributed by atoms with Crippen molar-refractivity contribution in [2.75, 3.05) is 11.9 Å². The van der Waals surface area contributed by atoms with Gasteiger partial charge in [0.15, 0.2) is 0 Å². The number of aromatic nitrogens is 2. The first-order chi connectivity index (χ1) is 10.3. The third kappa shape index (κ3) is 2.57. The molecule has 1 heterocycles. The Hall–Kier alpha value is -2.49. The van der Waals surface area contributed by atoms with Gasteiger partial charge < -0.3 is 14.6 Å². The molecule has 0 atom stereocenters. The standard InChI is InChI=1S/C17H19N3O/c1-3-20-15-11-7-5-9-13(15)18-17(20)19-14-10-6-8-12-16(14)21-4-2/h5-12H,3-4H2,1-2H3,(H,18,19). The van der Waals surface area contributed by atoms with Crippen LogP contribution in [0.25, 0.3) is 11.0 Å². The Morgan fingerprint density at radius 3 is 2.62 bits per heavy atom. The molecule has 0 unspecified atom stereocenters. The van der Waals surface area contributed by atoms with Gasteiger partial charge in [0.25, 0.3) is 0 Å². The summed E-state index contributed by atoms with van der Waals surface area (Å²) in [7, 11) is 0. The van der Waals surface area contributed by atoms with Crippen molar-refractivity contribution in [3.05, 3.63) is 48.5 Å². The summed E-state index contributed by atoms with van der Waals surface area (Å²) >= 11 is 0. The van der Waals surface area contributed by atoms with Crippen LogP contribution in [0.4, 0.5) is 11.6 Å². The summed E-state index contributed by atoms with van der Waals surface area (Å²) in [6, 6.07) is 16.1. The van der Waals surface area contributed by atoms with Crippen LogP contribution in [0.15, 0.2) is 48.5 Å². The molecule has 4 heteroatoms. The van der Waals surface area contributed by atoms with E-state index in [1.165, 1.54) is 0 Å². The number of imidazole rings is 1. The highest BCUT2D eigenvalue weighted by molar-refractivity contribution is 5.80. The zero-order valence-corrected chi connectivity index (χ0v) is 12.3. The predicted octanol–water partition coefficient (Wildman–Crippen LogP) is 4.20. The number of nitrogens with zero attached hydrogens (tertiary/aromatic N) is 2. The molecule has 1 N–H and O–H groups in total. The highest BCUT2D eigenvalue weighted by Gasteiger charge is 2.11. The Labute approximate surface area is 124 Å². The lowest BCUT2D eigenvalue weighted by atomic mass is 10.3. The van der Waals surface area contributed by atoms with E-state index in [0.717, 1.165) is 35.0 Å². The third-order valence-electron chi connectivity index (χ3n) is 3.40. The smallest absolute Gasteiger partial charge is 0.208 e. The van der Waals surface area contributed by atoms with Crippen molar-refractivity contribution in [1.82, 2.24) is 9.55 Å². The van der Waals surface area contributed by atoms with Crippen LogP contribution in [0.2, 0.25) is 0 Å². The van der Waals surface area contributed by atoms with Gasteiger partial charge in [0.2, 0.25) is 5.95 Å². The molecular weight excluding hydrogens is 262 g/mol. The molecule has 1 aromatic heterocycles. The molecule has 0 fully saturated rings. The topological polar surface area (TPSA) is 39.1 Å². The summed E-state index contributed by atoms with van der Waals surface area (Å²) < 4.78 is 7.82. The van der Waals surface area contributed by atoms with Crippen molar-refractivity contribution in [3.8, 4) is 5.75 Å². The normalized spacial score (nSPS) is 10.8.